The number of carbonyl (C=O) groups excluding carboxylic acids is 2. The van der Waals surface area contributed by atoms with Crippen molar-refractivity contribution < 1.29 is 9.59 Å². The second kappa shape index (κ2) is 7.53. The Labute approximate surface area is 139 Å². The fourth-order valence-electron chi connectivity index (χ4n) is 2.85. The first-order valence-corrected chi connectivity index (χ1v) is 8.80. The molecule has 2 heterocycles. The maximum atomic E-state index is 12.6. The first kappa shape index (κ1) is 15.9. The monoisotopic (exact) mass is 328 g/mol. The van der Waals surface area contributed by atoms with E-state index in [-0.39, 0.29) is 11.7 Å². The molecular weight excluding hydrogens is 308 g/mol. The number of ketones is 1. The van der Waals surface area contributed by atoms with Crippen molar-refractivity contribution >= 4 is 23.0 Å². The molecule has 0 radical (unpaired) electrons. The standard InChI is InChI=1S/C18H20N2O2S/c21-17(16-8-4-10-23-16)14-6-1-2-7-15(14)18(22)20-12-13-5-3-9-19-11-13/h1-2,4,6-8,10,13,19H,3,5,9,11-12H2,(H,20,22). The Balaban J connectivity index is 1.71. The third-order valence-electron chi connectivity index (χ3n) is 4.11. The first-order valence-electron chi connectivity index (χ1n) is 7.92. The maximum Gasteiger partial charge on any atom is 0.252 e. The Kier molecular flexibility index (Phi) is 5.20. The molecule has 1 amide bonds. The molecule has 0 spiro atoms. The van der Waals surface area contributed by atoms with Crippen LogP contribution in [0, 0.1) is 5.92 Å². The van der Waals surface area contributed by atoms with Gasteiger partial charge in [-0.25, -0.2) is 0 Å². The van der Waals surface area contributed by atoms with Crippen LogP contribution in [0.5, 0.6) is 0 Å². The number of hydrogen-bond acceptors (Lipinski definition) is 4. The molecule has 1 aromatic carbocycles. The summed E-state index contributed by atoms with van der Waals surface area (Å²) in [4.78, 5) is 25.7. The molecule has 5 heteroatoms. The summed E-state index contributed by atoms with van der Waals surface area (Å²) in [6, 6.07) is 10.7. The van der Waals surface area contributed by atoms with Crippen LogP contribution in [0.4, 0.5) is 0 Å². The van der Waals surface area contributed by atoms with E-state index in [2.05, 4.69) is 10.6 Å². The van der Waals surface area contributed by atoms with Crippen molar-refractivity contribution in [2.24, 2.45) is 5.92 Å². The predicted octanol–water partition coefficient (Wildman–Crippen LogP) is 2.71. The van der Waals surface area contributed by atoms with Crippen LogP contribution in [0.25, 0.3) is 0 Å². The van der Waals surface area contributed by atoms with Gasteiger partial charge in [-0.3, -0.25) is 9.59 Å². The Bertz CT molecular complexity index is 676. The zero-order valence-corrected chi connectivity index (χ0v) is 13.7. The molecule has 1 aliphatic rings. The Morgan fingerprint density at radius 1 is 1.17 bits per heavy atom. The zero-order chi connectivity index (χ0) is 16.1. The van der Waals surface area contributed by atoms with Crippen LogP contribution >= 0.6 is 11.3 Å². The van der Waals surface area contributed by atoms with E-state index in [1.165, 1.54) is 11.3 Å². The Morgan fingerprint density at radius 3 is 2.70 bits per heavy atom. The molecule has 1 aliphatic heterocycles. The SMILES string of the molecule is O=C(NCC1CCCNC1)c1ccccc1C(=O)c1cccs1. The second-order valence-electron chi connectivity index (χ2n) is 5.77. The molecule has 0 aliphatic carbocycles. The Hall–Kier alpha value is -1.98. The van der Waals surface area contributed by atoms with Crippen molar-refractivity contribution in [3.8, 4) is 0 Å². The van der Waals surface area contributed by atoms with Crippen LogP contribution in [-0.4, -0.2) is 31.3 Å². The lowest BCUT2D eigenvalue weighted by Gasteiger charge is -2.23. The molecule has 0 saturated carbocycles. The fraction of sp³-hybridized carbons (Fsp3) is 0.333. The highest BCUT2D eigenvalue weighted by Crippen LogP contribution is 2.18. The zero-order valence-electron chi connectivity index (χ0n) is 12.9. The van der Waals surface area contributed by atoms with Gasteiger partial charge in [0.25, 0.3) is 5.91 Å². The summed E-state index contributed by atoms with van der Waals surface area (Å²) < 4.78 is 0. The number of nitrogens with one attached hydrogen (secondary N) is 2. The van der Waals surface area contributed by atoms with Gasteiger partial charge < -0.3 is 10.6 Å². The van der Waals surface area contributed by atoms with Crippen LogP contribution in [0.3, 0.4) is 0 Å². The summed E-state index contributed by atoms with van der Waals surface area (Å²) in [6.07, 6.45) is 2.27. The first-order chi connectivity index (χ1) is 11.3. The Morgan fingerprint density at radius 2 is 2.00 bits per heavy atom. The molecule has 2 N–H and O–H groups in total. The molecule has 1 aromatic heterocycles. The van der Waals surface area contributed by atoms with E-state index in [1.807, 2.05) is 11.4 Å². The number of amides is 1. The van der Waals surface area contributed by atoms with Crippen molar-refractivity contribution in [3.63, 3.8) is 0 Å². The summed E-state index contributed by atoms with van der Waals surface area (Å²) in [5.41, 5.74) is 0.920. The summed E-state index contributed by atoms with van der Waals surface area (Å²) in [7, 11) is 0. The third kappa shape index (κ3) is 3.86. The smallest absolute Gasteiger partial charge is 0.252 e. The topological polar surface area (TPSA) is 58.2 Å². The third-order valence-corrected chi connectivity index (χ3v) is 4.98. The number of benzene rings is 1. The molecule has 23 heavy (non-hydrogen) atoms. The average Bonchev–Trinajstić information content (AvgIpc) is 3.14. The number of carbonyl (C=O) groups is 2. The van der Waals surface area contributed by atoms with Gasteiger partial charge in [-0.2, -0.15) is 0 Å². The predicted molar refractivity (Wildman–Crippen MR) is 92.1 cm³/mol. The van der Waals surface area contributed by atoms with Crippen LogP contribution < -0.4 is 10.6 Å². The molecular formula is C18H20N2O2S. The number of rotatable bonds is 5. The highest BCUT2D eigenvalue weighted by Gasteiger charge is 2.20. The van der Waals surface area contributed by atoms with Gasteiger partial charge in [0.1, 0.15) is 0 Å². The summed E-state index contributed by atoms with van der Waals surface area (Å²) in [5, 5.41) is 8.19. The van der Waals surface area contributed by atoms with Crippen molar-refractivity contribution in [1.29, 1.82) is 0 Å². The van der Waals surface area contributed by atoms with Crippen LogP contribution in [0.1, 0.15) is 38.4 Å². The molecule has 0 bridgehead atoms. The quantitative estimate of drug-likeness (QED) is 0.830. The van der Waals surface area contributed by atoms with E-state index in [9.17, 15) is 9.59 Å². The van der Waals surface area contributed by atoms with Gasteiger partial charge in [-0.05, 0) is 49.4 Å². The van der Waals surface area contributed by atoms with Crippen molar-refractivity contribution in [2.45, 2.75) is 12.8 Å². The largest absolute Gasteiger partial charge is 0.352 e. The second-order valence-corrected chi connectivity index (χ2v) is 6.72. The van der Waals surface area contributed by atoms with Crippen LogP contribution in [-0.2, 0) is 0 Å². The summed E-state index contributed by atoms with van der Waals surface area (Å²) >= 11 is 1.39. The number of hydrogen-bond donors (Lipinski definition) is 2. The van der Waals surface area contributed by atoms with Crippen LogP contribution in [0.15, 0.2) is 41.8 Å². The minimum absolute atomic E-state index is 0.0925. The minimum atomic E-state index is -0.170. The van der Waals surface area contributed by atoms with E-state index < -0.39 is 0 Å². The van der Waals surface area contributed by atoms with Crippen molar-refractivity contribution in [1.82, 2.24) is 10.6 Å². The van der Waals surface area contributed by atoms with Gasteiger partial charge in [-0.1, -0.05) is 24.3 Å². The normalized spacial score (nSPS) is 17.7. The van der Waals surface area contributed by atoms with E-state index in [1.54, 1.807) is 30.3 Å². The lowest BCUT2D eigenvalue weighted by molar-refractivity contribution is 0.0934. The molecule has 1 unspecified atom stereocenters. The van der Waals surface area contributed by atoms with Gasteiger partial charge in [0.15, 0.2) is 0 Å². The average molecular weight is 328 g/mol. The molecule has 120 valence electrons. The fourth-order valence-corrected chi connectivity index (χ4v) is 3.53. The minimum Gasteiger partial charge on any atom is -0.352 e. The van der Waals surface area contributed by atoms with Crippen molar-refractivity contribution in [2.75, 3.05) is 19.6 Å². The highest BCUT2D eigenvalue weighted by atomic mass is 32.1. The maximum absolute atomic E-state index is 12.6. The highest BCUT2D eigenvalue weighted by molar-refractivity contribution is 7.12. The van der Waals surface area contributed by atoms with Crippen molar-refractivity contribution in [3.05, 3.63) is 57.8 Å². The van der Waals surface area contributed by atoms with E-state index >= 15 is 0 Å². The molecule has 2 aromatic rings. The van der Waals surface area contributed by atoms with Gasteiger partial charge in [-0.15, -0.1) is 11.3 Å². The lowest BCUT2D eigenvalue weighted by Crippen LogP contribution is -2.38. The summed E-state index contributed by atoms with van der Waals surface area (Å²) in [6.45, 7) is 2.64. The van der Waals surface area contributed by atoms with E-state index in [0.717, 1.165) is 25.9 Å². The summed E-state index contributed by atoms with van der Waals surface area (Å²) in [5.74, 6) is 0.203. The van der Waals surface area contributed by atoms with E-state index in [0.29, 0.717) is 28.5 Å². The molecule has 1 atom stereocenters. The van der Waals surface area contributed by atoms with Gasteiger partial charge in [0.05, 0.1) is 10.4 Å². The number of thiophene rings is 1. The number of piperidine rings is 1. The molecule has 1 saturated heterocycles. The molecule has 4 nitrogen and oxygen atoms in total. The van der Waals surface area contributed by atoms with Gasteiger partial charge in [0.2, 0.25) is 5.78 Å². The van der Waals surface area contributed by atoms with Crippen LogP contribution in [0.2, 0.25) is 0 Å². The lowest BCUT2D eigenvalue weighted by atomic mass is 9.98. The van der Waals surface area contributed by atoms with Gasteiger partial charge >= 0.3 is 0 Å². The molecule has 1 fully saturated rings. The van der Waals surface area contributed by atoms with Gasteiger partial charge in [0, 0.05) is 12.1 Å². The molecule has 3 rings (SSSR count). The van der Waals surface area contributed by atoms with E-state index in [4.69, 9.17) is 0 Å².